The topological polar surface area (TPSA) is 20.3 Å². The summed E-state index contributed by atoms with van der Waals surface area (Å²) in [5.74, 6) is -0.374. The van der Waals surface area contributed by atoms with Crippen molar-refractivity contribution in [1.29, 1.82) is 0 Å². The predicted molar refractivity (Wildman–Crippen MR) is 82.5 cm³/mol. The Morgan fingerprint density at radius 3 is 2.86 bits per heavy atom. The third kappa shape index (κ3) is 2.72. The van der Waals surface area contributed by atoms with Crippen molar-refractivity contribution in [3.8, 4) is 0 Å². The van der Waals surface area contributed by atoms with Crippen LogP contribution in [0.4, 0.5) is 10.1 Å². The molecular weight excluding hydrogens is 265 g/mol. The Balaban J connectivity index is 1.83. The van der Waals surface area contributed by atoms with Crippen LogP contribution in [0, 0.1) is 5.82 Å². The van der Waals surface area contributed by atoms with Gasteiger partial charge >= 0.3 is 0 Å². The summed E-state index contributed by atoms with van der Waals surface area (Å²) in [5, 5.41) is 0. The van der Waals surface area contributed by atoms with E-state index >= 15 is 0 Å². The molecule has 0 saturated carbocycles. The first-order valence-electron chi connectivity index (χ1n) is 7.00. The molecule has 3 heteroatoms. The number of anilines is 1. The van der Waals surface area contributed by atoms with Crippen molar-refractivity contribution >= 4 is 17.7 Å². The van der Waals surface area contributed by atoms with Crippen molar-refractivity contribution in [3.05, 3.63) is 71.6 Å². The number of benzene rings is 2. The number of halogens is 1. The molecule has 0 bridgehead atoms. The fraction of sp³-hybridized carbons (Fsp3) is 0.167. The fourth-order valence-corrected chi connectivity index (χ4v) is 2.76. The maximum atomic E-state index is 13.1. The van der Waals surface area contributed by atoms with E-state index in [-0.39, 0.29) is 17.8 Å². The number of carbonyl (C=O) groups is 1. The van der Waals surface area contributed by atoms with Gasteiger partial charge in [-0.25, -0.2) is 4.39 Å². The number of para-hydroxylation sites is 1. The lowest BCUT2D eigenvalue weighted by Gasteiger charge is -2.20. The van der Waals surface area contributed by atoms with Crippen molar-refractivity contribution < 1.29 is 9.18 Å². The zero-order valence-corrected chi connectivity index (χ0v) is 11.8. The van der Waals surface area contributed by atoms with Crippen molar-refractivity contribution in [1.82, 2.24) is 0 Å². The van der Waals surface area contributed by atoms with Crippen molar-refractivity contribution in [2.45, 2.75) is 19.4 Å². The second kappa shape index (κ2) is 5.52. The molecular formula is C18H16FNO. The summed E-state index contributed by atoms with van der Waals surface area (Å²) in [5.41, 5.74) is 2.85. The summed E-state index contributed by atoms with van der Waals surface area (Å²) in [7, 11) is 0. The number of hydrogen-bond acceptors (Lipinski definition) is 1. The fourth-order valence-electron chi connectivity index (χ4n) is 2.76. The molecule has 2 aromatic carbocycles. The van der Waals surface area contributed by atoms with Crippen LogP contribution in [0.5, 0.6) is 0 Å². The maximum absolute atomic E-state index is 13.1. The molecule has 0 N–H and O–H groups in total. The van der Waals surface area contributed by atoms with E-state index in [0.717, 1.165) is 12.1 Å². The van der Waals surface area contributed by atoms with E-state index < -0.39 is 0 Å². The lowest BCUT2D eigenvalue weighted by Crippen LogP contribution is -2.34. The molecule has 1 aliphatic rings. The SMILES string of the molecule is C[C@H]1Cc2ccccc2N1C(=O)/C=C/c1cccc(F)c1. The summed E-state index contributed by atoms with van der Waals surface area (Å²) in [4.78, 5) is 14.2. The third-order valence-corrected chi connectivity index (χ3v) is 3.71. The molecule has 0 fully saturated rings. The Labute approximate surface area is 123 Å². The molecule has 106 valence electrons. The molecule has 0 aliphatic carbocycles. The van der Waals surface area contributed by atoms with Gasteiger partial charge in [0.15, 0.2) is 0 Å². The summed E-state index contributed by atoms with van der Waals surface area (Å²) in [6, 6.07) is 14.3. The Hall–Kier alpha value is -2.42. The number of rotatable bonds is 2. The van der Waals surface area contributed by atoms with Crippen molar-refractivity contribution in [3.63, 3.8) is 0 Å². The van der Waals surface area contributed by atoms with Gasteiger partial charge in [-0.05, 0) is 48.7 Å². The highest BCUT2D eigenvalue weighted by Crippen LogP contribution is 2.31. The average molecular weight is 281 g/mol. The Morgan fingerprint density at radius 2 is 2.05 bits per heavy atom. The molecule has 3 rings (SSSR count). The Bertz CT molecular complexity index is 708. The molecule has 2 aromatic rings. The summed E-state index contributed by atoms with van der Waals surface area (Å²) in [6.07, 6.45) is 4.03. The van der Waals surface area contributed by atoms with Crippen LogP contribution in [0.2, 0.25) is 0 Å². The van der Waals surface area contributed by atoms with Gasteiger partial charge in [-0.15, -0.1) is 0 Å². The van der Waals surface area contributed by atoms with E-state index in [9.17, 15) is 9.18 Å². The van der Waals surface area contributed by atoms with E-state index in [0.29, 0.717) is 5.56 Å². The zero-order valence-electron chi connectivity index (χ0n) is 11.8. The van der Waals surface area contributed by atoms with Crippen LogP contribution >= 0.6 is 0 Å². The smallest absolute Gasteiger partial charge is 0.251 e. The van der Waals surface area contributed by atoms with Crippen molar-refractivity contribution in [2.75, 3.05) is 4.90 Å². The van der Waals surface area contributed by atoms with E-state index in [1.807, 2.05) is 25.1 Å². The van der Waals surface area contributed by atoms with Crippen LogP contribution in [0.3, 0.4) is 0 Å². The van der Waals surface area contributed by atoms with Gasteiger partial charge in [0.25, 0.3) is 5.91 Å². The van der Waals surface area contributed by atoms with Crippen molar-refractivity contribution in [2.24, 2.45) is 0 Å². The summed E-state index contributed by atoms with van der Waals surface area (Å²) >= 11 is 0. The molecule has 1 atom stereocenters. The van der Waals surface area contributed by atoms with Gasteiger partial charge in [-0.1, -0.05) is 30.3 Å². The third-order valence-electron chi connectivity index (χ3n) is 3.71. The van der Waals surface area contributed by atoms with E-state index in [2.05, 4.69) is 6.07 Å². The molecule has 0 aromatic heterocycles. The first-order valence-corrected chi connectivity index (χ1v) is 7.00. The first-order chi connectivity index (χ1) is 10.1. The molecule has 0 radical (unpaired) electrons. The highest BCUT2D eigenvalue weighted by atomic mass is 19.1. The number of fused-ring (bicyclic) bond motifs is 1. The average Bonchev–Trinajstić information content (AvgIpc) is 2.81. The van der Waals surface area contributed by atoms with Crippen LogP contribution in [0.15, 0.2) is 54.6 Å². The Morgan fingerprint density at radius 1 is 1.24 bits per heavy atom. The van der Waals surface area contributed by atoms with Crippen LogP contribution in [0.1, 0.15) is 18.1 Å². The van der Waals surface area contributed by atoms with Gasteiger partial charge in [0, 0.05) is 17.8 Å². The minimum absolute atomic E-state index is 0.0725. The van der Waals surface area contributed by atoms with E-state index in [4.69, 9.17) is 0 Å². The molecule has 1 heterocycles. The molecule has 1 aliphatic heterocycles. The minimum atomic E-state index is -0.301. The summed E-state index contributed by atoms with van der Waals surface area (Å²) < 4.78 is 13.1. The van der Waals surface area contributed by atoms with Gasteiger partial charge < -0.3 is 4.90 Å². The van der Waals surface area contributed by atoms with Crippen LogP contribution in [0.25, 0.3) is 6.08 Å². The number of nitrogens with zero attached hydrogens (tertiary/aromatic N) is 1. The lowest BCUT2D eigenvalue weighted by atomic mass is 10.1. The predicted octanol–water partition coefficient (Wildman–Crippen LogP) is 3.82. The van der Waals surface area contributed by atoms with Gasteiger partial charge in [0.1, 0.15) is 5.82 Å². The van der Waals surface area contributed by atoms with Gasteiger partial charge in [0.2, 0.25) is 0 Å². The van der Waals surface area contributed by atoms with Gasteiger partial charge in [-0.2, -0.15) is 0 Å². The number of hydrogen-bond donors (Lipinski definition) is 0. The quantitative estimate of drug-likeness (QED) is 0.766. The molecule has 0 unspecified atom stereocenters. The van der Waals surface area contributed by atoms with Crippen LogP contribution in [-0.4, -0.2) is 11.9 Å². The van der Waals surface area contributed by atoms with Crippen LogP contribution < -0.4 is 4.90 Å². The molecule has 21 heavy (non-hydrogen) atoms. The zero-order chi connectivity index (χ0) is 14.8. The number of amides is 1. The molecule has 2 nitrogen and oxygen atoms in total. The Kier molecular flexibility index (Phi) is 3.57. The maximum Gasteiger partial charge on any atom is 0.251 e. The largest absolute Gasteiger partial charge is 0.305 e. The molecule has 0 spiro atoms. The second-order valence-corrected chi connectivity index (χ2v) is 5.28. The normalized spacial score (nSPS) is 17.2. The number of carbonyl (C=O) groups excluding carboxylic acids is 1. The highest BCUT2D eigenvalue weighted by molar-refractivity contribution is 6.05. The highest BCUT2D eigenvalue weighted by Gasteiger charge is 2.29. The van der Waals surface area contributed by atoms with Crippen LogP contribution in [-0.2, 0) is 11.2 Å². The van der Waals surface area contributed by atoms with E-state index in [1.165, 1.54) is 23.8 Å². The first kappa shape index (κ1) is 13.6. The monoisotopic (exact) mass is 281 g/mol. The van der Waals surface area contributed by atoms with E-state index in [1.54, 1.807) is 23.1 Å². The second-order valence-electron chi connectivity index (χ2n) is 5.28. The molecule has 0 saturated heterocycles. The molecule has 1 amide bonds. The summed E-state index contributed by atoms with van der Waals surface area (Å²) in [6.45, 7) is 2.04. The van der Waals surface area contributed by atoms with Gasteiger partial charge in [0.05, 0.1) is 0 Å². The lowest BCUT2D eigenvalue weighted by molar-refractivity contribution is -0.114. The standard InChI is InChI=1S/C18H16FNO/c1-13-11-15-6-2-3-8-17(15)20(13)18(21)10-9-14-5-4-7-16(19)12-14/h2-10,12-13H,11H2,1H3/b10-9+/t13-/m0/s1. The van der Waals surface area contributed by atoms with Gasteiger partial charge in [-0.3, -0.25) is 4.79 Å². The minimum Gasteiger partial charge on any atom is -0.305 e.